The summed E-state index contributed by atoms with van der Waals surface area (Å²) in [4.78, 5) is 5.25. The van der Waals surface area contributed by atoms with Crippen LogP contribution in [-0.2, 0) is 6.54 Å². The van der Waals surface area contributed by atoms with Gasteiger partial charge in [-0.2, -0.15) is 0 Å². The molecule has 0 atom stereocenters. The Labute approximate surface area is 109 Å². The van der Waals surface area contributed by atoms with E-state index in [-0.39, 0.29) is 0 Å². The van der Waals surface area contributed by atoms with Crippen molar-refractivity contribution in [2.75, 3.05) is 7.11 Å². The lowest BCUT2D eigenvalue weighted by atomic mass is 10.1. The molecular weight excluding hydrogens is 256 g/mol. The first-order valence-electron chi connectivity index (χ1n) is 5.15. The Hall–Kier alpha value is -1.10. The second kappa shape index (κ2) is 5.04. The molecule has 0 spiro atoms. The molecule has 0 fully saturated rings. The molecule has 3 nitrogen and oxygen atoms in total. The fourth-order valence-electron chi connectivity index (χ4n) is 1.55. The zero-order valence-electron chi connectivity index (χ0n) is 9.66. The number of aromatic nitrogens is 1. The first-order chi connectivity index (χ1) is 8.15. The summed E-state index contributed by atoms with van der Waals surface area (Å²) in [6, 6.07) is 3.84. The van der Waals surface area contributed by atoms with Gasteiger partial charge in [0.05, 0.1) is 12.0 Å². The number of methoxy groups -OCH3 is 1. The third-order valence-electron chi connectivity index (χ3n) is 2.47. The topological polar surface area (TPSA) is 48.1 Å². The van der Waals surface area contributed by atoms with Crippen molar-refractivity contribution >= 4 is 22.9 Å². The monoisotopic (exact) mass is 268 g/mol. The lowest BCUT2D eigenvalue weighted by Gasteiger charge is -2.09. The first-order valence-corrected chi connectivity index (χ1v) is 6.34. The van der Waals surface area contributed by atoms with Crippen molar-refractivity contribution in [2.45, 2.75) is 13.5 Å². The van der Waals surface area contributed by atoms with Crippen LogP contribution in [-0.4, -0.2) is 12.1 Å². The van der Waals surface area contributed by atoms with E-state index in [9.17, 15) is 0 Å². The SMILES string of the molecule is COc1cc(C)c(Cl)cc1-c1cnc(CN)s1. The van der Waals surface area contributed by atoms with Gasteiger partial charge in [-0.15, -0.1) is 11.3 Å². The Morgan fingerprint density at radius 3 is 2.82 bits per heavy atom. The molecule has 0 aliphatic carbocycles. The predicted octanol–water partition coefficient (Wildman–Crippen LogP) is 3.24. The average molecular weight is 269 g/mol. The largest absolute Gasteiger partial charge is 0.496 e. The van der Waals surface area contributed by atoms with Crippen LogP contribution < -0.4 is 10.5 Å². The van der Waals surface area contributed by atoms with Crippen molar-refractivity contribution in [2.24, 2.45) is 5.73 Å². The van der Waals surface area contributed by atoms with Crippen LogP contribution in [0, 0.1) is 6.92 Å². The molecule has 0 aliphatic rings. The van der Waals surface area contributed by atoms with E-state index in [0.717, 1.165) is 31.8 Å². The number of nitrogens with zero attached hydrogens (tertiary/aromatic N) is 1. The minimum atomic E-state index is 0.451. The Morgan fingerprint density at radius 1 is 1.47 bits per heavy atom. The lowest BCUT2D eigenvalue weighted by Crippen LogP contribution is -1.93. The first kappa shape index (κ1) is 12.4. The van der Waals surface area contributed by atoms with Crippen LogP contribution in [0.4, 0.5) is 0 Å². The fraction of sp³-hybridized carbons (Fsp3) is 0.250. The molecule has 1 heterocycles. The summed E-state index contributed by atoms with van der Waals surface area (Å²) >= 11 is 7.69. The summed E-state index contributed by atoms with van der Waals surface area (Å²) in [6.07, 6.45) is 1.80. The van der Waals surface area contributed by atoms with E-state index >= 15 is 0 Å². The molecule has 2 rings (SSSR count). The number of hydrogen-bond acceptors (Lipinski definition) is 4. The van der Waals surface area contributed by atoms with Gasteiger partial charge < -0.3 is 10.5 Å². The van der Waals surface area contributed by atoms with Gasteiger partial charge in [-0.05, 0) is 24.6 Å². The molecule has 0 amide bonds. The van der Waals surface area contributed by atoms with Gasteiger partial charge in [0.1, 0.15) is 10.8 Å². The summed E-state index contributed by atoms with van der Waals surface area (Å²) < 4.78 is 5.37. The molecule has 1 aromatic carbocycles. The van der Waals surface area contributed by atoms with E-state index in [1.54, 1.807) is 24.6 Å². The number of hydrogen-bond donors (Lipinski definition) is 1. The number of benzene rings is 1. The van der Waals surface area contributed by atoms with Gasteiger partial charge in [-0.25, -0.2) is 4.98 Å². The Kier molecular flexibility index (Phi) is 3.66. The fourth-order valence-corrected chi connectivity index (χ4v) is 2.53. The average Bonchev–Trinajstić information content (AvgIpc) is 2.80. The van der Waals surface area contributed by atoms with Crippen LogP contribution in [0.5, 0.6) is 5.75 Å². The van der Waals surface area contributed by atoms with Crippen molar-refractivity contribution in [3.05, 3.63) is 33.9 Å². The van der Waals surface area contributed by atoms with Crippen LogP contribution in [0.2, 0.25) is 5.02 Å². The third kappa shape index (κ3) is 2.44. The van der Waals surface area contributed by atoms with E-state index in [4.69, 9.17) is 22.1 Å². The predicted molar refractivity (Wildman–Crippen MR) is 71.7 cm³/mol. The van der Waals surface area contributed by atoms with Gasteiger partial charge in [-0.1, -0.05) is 11.6 Å². The summed E-state index contributed by atoms with van der Waals surface area (Å²) in [6.45, 7) is 2.40. The number of aryl methyl sites for hydroxylation is 1. The maximum atomic E-state index is 6.14. The molecule has 1 aromatic heterocycles. The quantitative estimate of drug-likeness (QED) is 0.930. The van der Waals surface area contributed by atoms with E-state index < -0.39 is 0 Å². The second-order valence-electron chi connectivity index (χ2n) is 3.62. The molecular formula is C12H13ClN2OS. The Balaban J connectivity index is 2.53. The molecule has 0 unspecified atom stereocenters. The Bertz CT molecular complexity index is 539. The van der Waals surface area contributed by atoms with Gasteiger partial charge in [0.2, 0.25) is 0 Å². The molecule has 2 N–H and O–H groups in total. The van der Waals surface area contributed by atoms with Gasteiger partial charge >= 0.3 is 0 Å². The maximum Gasteiger partial charge on any atom is 0.127 e. The second-order valence-corrected chi connectivity index (χ2v) is 5.15. The number of rotatable bonds is 3. The standard InChI is InChI=1S/C12H13ClN2OS/c1-7-3-10(16-2)8(4-9(7)13)11-6-15-12(5-14)17-11/h3-4,6H,5,14H2,1-2H3. The molecule has 0 bridgehead atoms. The van der Waals surface area contributed by atoms with Crippen LogP contribution in [0.3, 0.4) is 0 Å². The summed E-state index contributed by atoms with van der Waals surface area (Å²) in [5.41, 5.74) is 7.51. The van der Waals surface area contributed by atoms with Crippen LogP contribution in [0.25, 0.3) is 10.4 Å². The van der Waals surface area contributed by atoms with Gasteiger partial charge in [-0.3, -0.25) is 0 Å². The Morgan fingerprint density at radius 2 is 2.24 bits per heavy atom. The smallest absolute Gasteiger partial charge is 0.127 e. The highest BCUT2D eigenvalue weighted by molar-refractivity contribution is 7.15. The summed E-state index contributed by atoms with van der Waals surface area (Å²) in [5, 5.41) is 1.63. The van der Waals surface area contributed by atoms with E-state index in [2.05, 4.69) is 4.98 Å². The third-order valence-corrected chi connectivity index (χ3v) is 3.93. The van der Waals surface area contributed by atoms with E-state index in [1.807, 2.05) is 19.1 Å². The summed E-state index contributed by atoms with van der Waals surface area (Å²) in [5.74, 6) is 0.805. The van der Waals surface area contributed by atoms with Crippen molar-refractivity contribution in [1.29, 1.82) is 0 Å². The molecule has 0 saturated heterocycles. The maximum absolute atomic E-state index is 6.14. The molecule has 0 aliphatic heterocycles. The van der Waals surface area contributed by atoms with Crippen molar-refractivity contribution < 1.29 is 4.74 Å². The highest BCUT2D eigenvalue weighted by atomic mass is 35.5. The molecule has 0 saturated carbocycles. The molecule has 0 radical (unpaired) electrons. The minimum absolute atomic E-state index is 0.451. The minimum Gasteiger partial charge on any atom is -0.496 e. The summed E-state index contributed by atoms with van der Waals surface area (Å²) in [7, 11) is 1.65. The molecule has 17 heavy (non-hydrogen) atoms. The number of thiazole rings is 1. The highest BCUT2D eigenvalue weighted by Gasteiger charge is 2.11. The highest BCUT2D eigenvalue weighted by Crippen LogP contribution is 2.37. The number of nitrogens with two attached hydrogens (primary N) is 1. The lowest BCUT2D eigenvalue weighted by molar-refractivity contribution is 0.416. The zero-order valence-corrected chi connectivity index (χ0v) is 11.2. The van der Waals surface area contributed by atoms with Crippen LogP contribution >= 0.6 is 22.9 Å². The van der Waals surface area contributed by atoms with Crippen molar-refractivity contribution in [1.82, 2.24) is 4.98 Å². The van der Waals surface area contributed by atoms with Crippen LogP contribution in [0.1, 0.15) is 10.6 Å². The van der Waals surface area contributed by atoms with Gasteiger partial charge in [0.15, 0.2) is 0 Å². The van der Waals surface area contributed by atoms with Gasteiger partial charge in [0, 0.05) is 23.3 Å². The van der Waals surface area contributed by atoms with E-state index in [1.165, 1.54) is 0 Å². The molecule has 5 heteroatoms. The number of ether oxygens (including phenoxy) is 1. The van der Waals surface area contributed by atoms with Crippen LogP contribution in [0.15, 0.2) is 18.3 Å². The van der Waals surface area contributed by atoms with Crippen molar-refractivity contribution in [3.63, 3.8) is 0 Å². The van der Waals surface area contributed by atoms with E-state index in [0.29, 0.717) is 6.54 Å². The number of halogens is 1. The zero-order chi connectivity index (χ0) is 12.4. The van der Waals surface area contributed by atoms with Gasteiger partial charge in [0.25, 0.3) is 0 Å². The molecule has 2 aromatic rings. The normalized spacial score (nSPS) is 10.6. The molecule has 90 valence electrons. The van der Waals surface area contributed by atoms with Crippen molar-refractivity contribution in [3.8, 4) is 16.2 Å².